The van der Waals surface area contributed by atoms with Gasteiger partial charge < -0.3 is 4.90 Å². The van der Waals surface area contributed by atoms with E-state index in [-0.39, 0.29) is 17.7 Å². The number of hydrogen-bond donors (Lipinski definition) is 1. The van der Waals surface area contributed by atoms with Crippen molar-refractivity contribution in [2.45, 2.75) is 39.7 Å². The molecular weight excluding hydrogens is 276 g/mol. The third-order valence-corrected chi connectivity index (χ3v) is 4.70. The van der Waals surface area contributed by atoms with Gasteiger partial charge in [-0.3, -0.25) is 9.52 Å². The molecule has 20 heavy (non-hydrogen) atoms. The largest absolute Gasteiger partial charge is 0.309 e. The number of carbonyl (C=O) groups is 1. The van der Waals surface area contributed by atoms with Gasteiger partial charge in [0.15, 0.2) is 0 Å². The van der Waals surface area contributed by atoms with Gasteiger partial charge >= 0.3 is 0 Å². The van der Waals surface area contributed by atoms with Gasteiger partial charge in [-0.2, -0.15) is 0 Å². The van der Waals surface area contributed by atoms with Crippen molar-refractivity contribution in [1.29, 1.82) is 0 Å². The molecule has 0 bridgehead atoms. The van der Waals surface area contributed by atoms with Gasteiger partial charge in [0.2, 0.25) is 15.9 Å². The summed E-state index contributed by atoms with van der Waals surface area (Å²) in [6, 6.07) is 5.37. The predicted octanol–water partition coefficient (Wildman–Crippen LogP) is 2.14. The molecule has 110 valence electrons. The van der Waals surface area contributed by atoms with Crippen LogP contribution in [0, 0.1) is 0 Å². The lowest BCUT2D eigenvalue weighted by Gasteiger charge is -2.22. The summed E-state index contributed by atoms with van der Waals surface area (Å²) >= 11 is 0. The van der Waals surface area contributed by atoms with Crippen molar-refractivity contribution < 1.29 is 13.2 Å². The van der Waals surface area contributed by atoms with Gasteiger partial charge in [0.05, 0.1) is 12.2 Å². The maximum Gasteiger partial charge on any atom is 0.232 e. The van der Waals surface area contributed by atoms with Crippen molar-refractivity contribution in [2.75, 3.05) is 15.4 Å². The first-order chi connectivity index (χ1) is 9.34. The fraction of sp³-hybridized carbons (Fsp3) is 0.500. The summed E-state index contributed by atoms with van der Waals surface area (Å²) in [5, 5.41) is 0. The second kappa shape index (κ2) is 5.44. The molecule has 0 radical (unpaired) electrons. The van der Waals surface area contributed by atoms with E-state index in [1.807, 2.05) is 26.8 Å². The topological polar surface area (TPSA) is 66.5 Å². The number of nitrogens with zero attached hydrogens (tertiary/aromatic N) is 1. The minimum absolute atomic E-state index is 0.0589. The Morgan fingerprint density at radius 3 is 2.65 bits per heavy atom. The molecule has 0 aliphatic carbocycles. The maximum atomic E-state index is 12.0. The molecule has 6 heteroatoms. The smallest absolute Gasteiger partial charge is 0.232 e. The Kier molecular flexibility index (Phi) is 4.04. The van der Waals surface area contributed by atoms with Crippen LogP contribution in [0.5, 0.6) is 0 Å². The fourth-order valence-corrected chi connectivity index (χ4v) is 3.60. The van der Waals surface area contributed by atoms with Crippen LogP contribution in [-0.2, 0) is 21.2 Å². The zero-order chi connectivity index (χ0) is 14.9. The van der Waals surface area contributed by atoms with Crippen LogP contribution >= 0.6 is 0 Å². The molecule has 1 aromatic carbocycles. The van der Waals surface area contributed by atoms with Gasteiger partial charge in [-0.1, -0.05) is 6.92 Å². The second-order valence-corrected chi connectivity index (χ2v) is 7.14. The molecule has 0 unspecified atom stereocenters. The molecule has 5 nitrogen and oxygen atoms in total. The minimum atomic E-state index is -3.29. The SMILES string of the molecule is CCCS(=O)(=O)Nc1ccc2c(c1)CC(=O)N2C(C)C. The number of nitrogens with one attached hydrogen (secondary N) is 1. The Morgan fingerprint density at radius 2 is 2.05 bits per heavy atom. The number of anilines is 2. The van der Waals surface area contributed by atoms with E-state index in [1.165, 1.54) is 0 Å². The molecule has 0 atom stereocenters. The summed E-state index contributed by atoms with van der Waals surface area (Å²) < 4.78 is 26.0. The molecule has 0 spiro atoms. The van der Waals surface area contributed by atoms with Crippen molar-refractivity contribution >= 4 is 27.3 Å². The second-order valence-electron chi connectivity index (χ2n) is 5.30. The molecule has 0 fully saturated rings. The van der Waals surface area contributed by atoms with E-state index in [4.69, 9.17) is 0 Å². The average molecular weight is 296 g/mol. The third-order valence-electron chi connectivity index (χ3n) is 3.21. The normalized spacial score (nSPS) is 14.8. The number of sulfonamides is 1. The van der Waals surface area contributed by atoms with Crippen LogP contribution < -0.4 is 9.62 Å². The third kappa shape index (κ3) is 2.95. The van der Waals surface area contributed by atoms with E-state index in [9.17, 15) is 13.2 Å². The summed E-state index contributed by atoms with van der Waals surface area (Å²) in [5.74, 6) is 0.157. The van der Waals surface area contributed by atoms with Crippen LogP contribution in [0.15, 0.2) is 18.2 Å². The molecule has 0 saturated heterocycles. The van der Waals surface area contributed by atoms with E-state index >= 15 is 0 Å². The Bertz CT molecular complexity index is 623. The molecule has 1 amide bonds. The molecule has 1 aliphatic heterocycles. The van der Waals surface area contributed by atoms with Crippen LogP contribution in [0.4, 0.5) is 11.4 Å². The fourth-order valence-electron chi connectivity index (χ4n) is 2.47. The standard InChI is InChI=1S/C14H20N2O3S/c1-4-7-20(18,19)15-12-5-6-13-11(8-12)9-14(17)16(13)10(2)3/h5-6,8,10,15H,4,7,9H2,1-3H3. The van der Waals surface area contributed by atoms with E-state index in [1.54, 1.807) is 17.0 Å². The lowest BCUT2D eigenvalue weighted by Crippen LogP contribution is -2.33. The first-order valence-electron chi connectivity index (χ1n) is 6.79. The molecule has 1 heterocycles. The Hall–Kier alpha value is -1.56. The van der Waals surface area contributed by atoms with E-state index in [2.05, 4.69) is 4.72 Å². The highest BCUT2D eigenvalue weighted by Crippen LogP contribution is 2.32. The highest BCUT2D eigenvalue weighted by Gasteiger charge is 2.29. The van der Waals surface area contributed by atoms with Crippen LogP contribution in [0.25, 0.3) is 0 Å². The number of amides is 1. The molecule has 2 rings (SSSR count). The van der Waals surface area contributed by atoms with Crippen LogP contribution in [0.3, 0.4) is 0 Å². The van der Waals surface area contributed by atoms with E-state index in [0.717, 1.165) is 11.3 Å². The van der Waals surface area contributed by atoms with Gasteiger partial charge in [-0.15, -0.1) is 0 Å². The van der Waals surface area contributed by atoms with Gasteiger partial charge in [0.1, 0.15) is 0 Å². The molecule has 0 aromatic heterocycles. The molecular formula is C14H20N2O3S. The summed E-state index contributed by atoms with van der Waals surface area (Å²) in [7, 11) is -3.29. The van der Waals surface area contributed by atoms with Crippen molar-refractivity contribution in [3.05, 3.63) is 23.8 Å². The molecule has 1 aromatic rings. The van der Waals surface area contributed by atoms with Crippen molar-refractivity contribution in [1.82, 2.24) is 0 Å². The first-order valence-corrected chi connectivity index (χ1v) is 8.44. The van der Waals surface area contributed by atoms with Crippen molar-refractivity contribution in [3.63, 3.8) is 0 Å². The lowest BCUT2D eigenvalue weighted by atomic mass is 10.1. The van der Waals surface area contributed by atoms with Crippen LogP contribution in [0.2, 0.25) is 0 Å². The zero-order valence-electron chi connectivity index (χ0n) is 12.0. The zero-order valence-corrected chi connectivity index (χ0v) is 12.8. The van der Waals surface area contributed by atoms with Gasteiger partial charge in [-0.05, 0) is 44.0 Å². The highest BCUT2D eigenvalue weighted by molar-refractivity contribution is 7.92. The first kappa shape index (κ1) is 14.8. The number of rotatable bonds is 5. The summed E-state index contributed by atoms with van der Waals surface area (Å²) in [6.45, 7) is 5.75. The lowest BCUT2D eigenvalue weighted by molar-refractivity contribution is -0.117. The number of fused-ring (bicyclic) bond motifs is 1. The van der Waals surface area contributed by atoms with Gasteiger partial charge in [0, 0.05) is 17.4 Å². The van der Waals surface area contributed by atoms with Crippen LogP contribution in [0.1, 0.15) is 32.8 Å². The van der Waals surface area contributed by atoms with Gasteiger partial charge in [-0.25, -0.2) is 8.42 Å². The molecule has 0 saturated carbocycles. The quantitative estimate of drug-likeness (QED) is 0.905. The maximum absolute atomic E-state index is 12.0. The summed E-state index contributed by atoms with van der Waals surface area (Å²) in [5.41, 5.74) is 2.28. The predicted molar refractivity (Wildman–Crippen MR) is 80.5 cm³/mol. The number of benzene rings is 1. The Balaban J connectivity index is 2.27. The number of hydrogen-bond acceptors (Lipinski definition) is 3. The van der Waals surface area contributed by atoms with Crippen LogP contribution in [-0.4, -0.2) is 26.1 Å². The summed E-state index contributed by atoms with van der Waals surface area (Å²) in [6.07, 6.45) is 0.900. The summed E-state index contributed by atoms with van der Waals surface area (Å²) in [4.78, 5) is 13.7. The van der Waals surface area contributed by atoms with E-state index in [0.29, 0.717) is 18.5 Å². The highest BCUT2D eigenvalue weighted by atomic mass is 32.2. The number of carbonyl (C=O) groups excluding carboxylic acids is 1. The minimum Gasteiger partial charge on any atom is -0.309 e. The van der Waals surface area contributed by atoms with Crippen molar-refractivity contribution in [2.24, 2.45) is 0 Å². The Labute approximate surface area is 120 Å². The monoisotopic (exact) mass is 296 g/mol. The Morgan fingerprint density at radius 1 is 1.35 bits per heavy atom. The van der Waals surface area contributed by atoms with Crippen molar-refractivity contribution in [3.8, 4) is 0 Å². The molecule has 1 N–H and O–H groups in total. The van der Waals surface area contributed by atoms with E-state index < -0.39 is 10.0 Å². The average Bonchev–Trinajstić information content (AvgIpc) is 2.63. The molecule has 1 aliphatic rings. The van der Waals surface area contributed by atoms with Gasteiger partial charge in [0.25, 0.3) is 0 Å².